The molecule has 1 aromatic carbocycles. The van der Waals surface area contributed by atoms with Crippen LogP contribution in [0, 0.1) is 5.41 Å². The van der Waals surface area contributed by atoms with Gasteiger partial charge in [0.25, 0.3) is 0 Å². The lowest BCUT2D eigenvalue weighted by atomic mass is 9.81. The van der Waals surface area contributed by atoms with Crippen LogP contribution in [0.15, 0.2) is 41.1 Å². The van der Waals surface area contributed by atoms with Gasteiger partial charge in [-0.05, 0) is 37.4 Å². The summed E-state index contributed by atoms with van der Waals surface area (Å²) < 4.78 is 5.15. The molecular formula is C16H15ClN2O2S. The van der Waals surface area contributed by atoms with E-state index in [1.54, 1.807) is 26.0 Å². The zero-order valence-corrected chi connectivity index (χ0v) is 13.8. The standard InChI is InChI=1S/C16H15ClN2O2S/c1-3-21-16(20)13-9(2)19-15(22)12(8-18)14(13)10-4-6-11(17)7-5-10/h4-7,14,18H,3H2,1-2H3,(H,19,22)/t14-/m1/s1. The summed E-state index contributed by atoms with van der Waals surface area (Å²) >= 11 is 11.2. The summed E-state index contributed by atoms with van der Waals surface area (Å²) in [6, 6.07) is 7.10. The van der Waals surface area contributed by atoms with Crippen LogP contribution in [0.2, 0.25) is 5.02 Å². The Morgan fingerprint density at radius 1 is 1.45 bits per heavy atom. The molecule has 0 aliphatic carbocycles. The number of hydrogen-bond acceptors (Lipinski definition) is 4. The number of thiocarbonyl (C=S) groups is 1. The maximum atomic E-state index is 12.3. The average Bonchev–Trinajstić information content (AvgIpc) is 2.47. The predicted octanol–water partition coefficient (Wildman–Crippen LogP) is 3.37. The van der Waals surface area contributed by atoms with Crippen LogP contribution in [0.1, 0.15) is 25.3 Å². The number of hydrogen-bond donors (Lipinski definition) is 2. The Morgan fingerprint density at radius 2 is 2.09 bits per heavy atom. The Labute approximate surface area is 139 Å². The number of nitrogens with one attached hydrogen (secondary N) is 2. The molecule has 2 N–H and O–H groups in total. The summed E-state index contributed by atoms with van der Waals surface area (Å²) in [6.45, 7) is 3.79. The van der Waals surface area contributed by atoms with Gasteiger partial charge in [-0.1, -0.05) is 36.0 Å². The Morgan fingerprint density at radius 3 is 2.64 bits per heavy atom. The van der Waals surface area contributed by atoms with Gasteiger partial charge in [-0.25, -0.2) is 4.79 Å². The third-order valence-electron chi connectivity index (χ3n) is 3.36. The summed E-state index contributed by atoms with van der Waals surface area (Å²) in [7, 11) is 0. The molecule has 2 rings (SSSR count). The molecule has 22 heavy (non-hydrogen) atoms. The third-order valence-corrected chi connectivity index (χ3v) is 3.93. The molecule has 1 atom stereocenters. The highest BCUT2D eigenvalue weighted by Crippen LogP contribution is 2.36. The Kier molecular flexibility index (Phi) is 5.14. The maximum absolute atomic E-state index is 12.3. The van der Waals surface area contributed by atoms with E-state index in [0.717, 1.165) is 5.56 Å². The van der Waals surface area contributed by atoms with Crippen molar-refractivity contribution in [1.82, 2.24) is 5.32 Å². The molecule has 4 nitrogen and oxygen atoms in total. The van der Waals surface area contributed by atoms with Gasteiger partial charge in [0, 0.05) is 10.7 Å². The Bertz CT molecular complexity index is 703. The van der Waals surface area contributed by atoms with Crippen molar-refractivity contribution in [3.05, 3.63) is 51.7 Å². The van der Waals surface area contributed by atoms with Crippen LogP contribution in [0.4, 0.5) is 0 Å². The highest BCUT2D eigenvalue weighted by atomic mass is 35.5. The van der Waals surface area contributed by atoms with E-state index in [0.29, 0.717) is 26.9 Å². The molecule has 1 aliphatic rings. The molecule has 0 bridgehead atoms. The van der Waals surface area contributed by atoms with Crippen molar-refractivity contribution in [1.29, 1.82) is 5.41 Å². The zero-order valence-electron chi connectivity index (χ0n) is 12.2. The van der Waals surface area contributed by atoms with Gasteiger partial charge >= 0.3 is 5.97 Å². The van der Waals surface area contributed by atoms with Crippen molar-refractivity contribution in [2.45, 2.75) is 19.8 Å². The minimum absolute atomic E-state index is 0.275. The lowest BCUT2D eigenvalue weighted by molar-refractivity contribution is -0.138. The van der Waals surface area contributed by atoms with E-state index in [9.17, 15) is 4.79 Å². The monoisotopic (exact) mass is 334 g/mol. The van der Waals surface area contributed by atoms with E-state index >= 15 is 0 Å². The van der Waals surface area contributed by atoms with Crippen LogP contribution in [-0.2, 0) is 9.53 Å². The zero-order chi connectivity index (χ0) is 16.3. The highest BCUT2D eigenvalue weighted by Gasteiger charge is 2.35. The van der Waals surface area contributed by atoms with Crippen molar-refractivity contribution in [3.63, 3.8) is 0 Å². The molecular weight excluding hydrogens is 320 g/mol. The molecule has 1 aromatic rings. The van der Waals surface area contributed by atoms with Crippen molar-refractivity contribution >= 4 is 40.6 Å². The molecule has 1 heterocycles. The van der Waals surface area contributed by atoms with E-state index in [1.807, 2.05) is 12.1 Å². The minimum Gasteiger partial charge on any atom is -0.463 e. The van der Waals surface area contributed by atoms with E-state index in [-0.39, 0.29) is 6.61 Å². The smallest absolute Gasteiger partial charge is 0.336 e. The van der Waals surface area contributed by atoms with Gasteiger partial charge in [0.1, 0.15) is 4.99 Å². The van der Waals surface area contributed by atoms with Crippen LogP contribution in [0.5, 0.6) is 0 Å². The second kappa shape index (κ2) is 6.88. The van der Waals surface area contributed by atoms with E-state index in [2.05, 4.69) is 11.2 Å². The first kappa shape index (κ1) is 16.4. The average molecular weight is 335 g/mol. The molecule has 1 aliphatic heterocycles. The Balaban J connectivity index is 2.62. The highest BCUT2D eigenvalue weighted by molar-refractivity contribution is 7.80. The van der Waals surface area contributed by atoms with E-state index in [1.165, 1.54) is 0 Å². The quantitative estimate of drug-likeness (QED) is 0.385. The number of rotatable bonds is 3. The fourth-order valence-corrected chi connectivity index (χ4v) is 2.84. The first-order chi connectivity index (χ1) is 10.5. The van der Waals surface area contributed by atoms with Gasteiger partial charge in [-0.3, -0.25) is 5.41 Å². The number of halogens is 1. The SMILES string of the molecule is CCOC(=O)C1=C(C)NC(=S)C(=C=N)[C@H]1c1ccc(Cl)cc1. The lowest BCUT2D eigenvalue weighted by Crippen LogP contribution is -2.35. The fourth-order valence-electron chi connectivity index (χ4n) is 2.39. The first-order valence-corrected chi connectivity index (χ1v) is 7.52. The summed E-state index contributed by atoms with van der Waals surface area (Å²) in [5.41, 5.74) is 2.31. The second-order valence-electron chi connectivity index (χ2n) is 4.74. The maximum Gasteiger partial charge on any atom is 0.336 e. The van der Waals surface area contributed by atoms with Crippen LogP contribution in [-0.4, -0.2) is 23.4 Å². The largest absolute Gasteiger partial charge is 0.463 e. The van der Waals surface area contributed by atoms with E-state index in [4.69, 9.17) is 34.0 Å². The minimum atomic E-state index is -0.484. The number of allylic oxidation sites excluding steroid dienone is 1. The Hall–Kier alpha value is -1.94. The fraction of sp³-hybridized carbons (Fsp3) is 0.250. The van der Waals surface area contributed by atoms with Crippen molar-refractivity contribution in [2.75, 3.05) is 6.61 Å². The number of benzene rings is 1. The topological polar surface area (TPSA) is 62.2 Å². The van der Waals surface area contributed by atoms with Gasteiger partial charge in [0.15, 0.2) is 0 Å². The molecule has 0 radical (unpaired) electrons. The van der Waals surface area contributed by atoms with Crippen molar-refractivity contribution < 1.29 is 9.53 Å². The molecule has 0 saturated carbocycles. The van der Waals surface area contributed by atoms with Crippen LogP contribution in [0.3, 0.4) is 0 Å². The van der Waals surface area contributed by atoms with Crippen LogP contribution in [0.25, 0.3) is 0 Å². The second-order valence-corrected chi connectivity index (χ2v) is 5.58. The van der Waals surface area contributed by atoms with Crippen molar-refractivity contribution in [2.24, 2.45) is 0 Å². The van der Waals surface area contributed by atoms with Crippen molar-refractivity contribution in [3.8, 4) is 0 Å². The molecule has 114 valence electrons. The van der Waals surface area contributed by atoms with Gasteiger partial charge < -0.3 is 10.1 Å². The number of carbonyl (C=O) groups excluding carboxylic acids is 1. The summed E-state index contributed by atoms with van der Waals surface area (Å²) in [4.78, 5) is 12.7. The summed E-state index contributed by atoms with van der Waals surface area (Å²) in [6.07, 6.45) is 0. The van der Waals surface area contributed by atoms with Gasteiger partial charge in [-0.2, -0.15) is 0 Å². The van der Waals surface area contributed by atoms with Gasteiger partial charge in [0.05, 0.1) is 23.7 Å². The van der Waals surface area contributed by atoms with Crippen LogP contribution < -0.4 is 5.32 Å². The third kappa shape index (κ3) is 3.12. The molecule has 0 amide bonds. The molecule has 0 spiro atoms. The van der Waals surface area contributed by atoms with Crippen LogP contribution >= 0.6 is 23.8 Å². The first-order valence-electron chi connectivity index (χ1n) is 6.73. The molecule has 0 aromatic heterocycles. The lowest BCUT2D eigenvalue weighted by Gasteiger charge is -2.29. The summed E-state index contributed by atoms with van der Waals surface area (Å²) in [5, 5.41) is 11.1. The summed E-state index contributed by atoms with van der Waals surface area (Å²) in [5.74, 6) is 1.44. The number of ether oxygens (including phenoxy) is 1. The normalized spacial score (nSPS) is 17.9. The molecule has 6 heteroatoms. The number of carbonyl (C=O) groups is 1. The molecule has 0 unspecified atom stereocenters. The molecule has 0 fully saturated rings. The number of esters is 1. The molecule has 0 saturated heterocycles. The van der Waals surface area contributed by atoms with Gasteiger partial charge in [0.2, 0.25) is 0 Å². The predicted molar refractivity (Wildman–Crippen MR) is 90.5 cm³/mol. The van der Waals surface area contributed by atoms with E-state index < -0.39 is 11.9 Å². The van der Waals surface area contributed by atoms with Gasteiger partial charge in [-0.15, -0.1) is 0 Å².